The van der Waals surface area contributed by atoms with Crippen molar-refractivity contribution in [2.75, 3.05) is 56.4 Å². The second-order valence-corrected chi connectivity index (χ2v) is 10.4. The quantitative estimate of drug-likeness (QED) is 0.318. The Bertz CT molecular complexity index is 1620. The molecule has 0 amide bonds. The summed E-state index contributed by atoms with van der Waals surface area (Å²) in [6.07, 6.45) is 5.47. The zero-order valence-corrected chi connectivity index (χ0v) is 22.2. The highest BCUT2D eigenvalue weighted by Gasteiger charge is 2.22. The molecule has 5 aromatic rings. The number of fused-ring (bicyclic) bond motifs is 3. The van der Waals surface area contributed by atoms with E-state index in [0.717, 1.165) is 81.9 Å². The Morgan fingerprint density at radius 1 is 1.07 bits per heavy atom. The molecule has 0 aliphatic carbocycles. The second kappa shape index (κ2) is 10.4. The van der Waals surface area contributed by atoms with Gasteiger partial charge in [0, 0.05) is 45.3 Å². The molecule has 3 N–H and O–H groups in total. The molecular formula is C28H32FN9O2. The normalized spacial score (nSPS) is 17.3. The van der Waals surface area contributed by atoms with Gasteiger partial charge >= 0.3 is 0 Å². The van der Waals surface area contributed by atoms with Gasteiger partial charge in [0.1, 0.15) is 34.4 Å². The number of imidazole rings is 1. The smallest absolute Gasteiger partial charge is 0.223 e. The molecule has 2 aliphatic heterocycles. The number of piperazine rings is 1. The zero-order chi connectivity index (χ0) is 27.1. The number of ether oxygens (including phenoxy) is 1. The SMILES string of the molecule is Nc1nc2c(ncn2CCN2CCN(c3ccc(OC4CCNCC4)cc3F)CC2)c2cc(-c3ccco3)nn12. The molecule has 4 aromatic heterocycles. The molecule has 11 nitrogen and oxygen atoms in total. The highest BCUT2D eigenvalue weighted by atomic mass is 19.1. The molecular weight excluding hydrogens is 513 g/mol. The molecule has 0 atom stereocenters. The summed E-state index contributed by atoms with van der Waals surface area (Å²) >= 11 is 0. The number of nitrogens with two attached hydrogens (primary N) is 1. The third-order valence-electron chi connectivity index (χ3n) is 7.85. The van der Waals surface area contributed by atoms with Crippen molar-refractivity contribution in [1.29, 1.82) is 0 Å². The number of aromatic nitrogens is 5. The van der Waals surface area contributed by atoms with Crippen molar-refractivity contribution in [2.24, 2.45) is 0 Å². The number of benzene rings is 1. The number of nitrogen functional groups attached to an aromatic ring is 1. The Balaban J connectivity index is 0.984. The first-order chi connectivity index (χ1) is 19.6. The molecule has 0 unspecified atom stereocenters. The van der Waals surface area contributed by atoms with Crippen molar-refractivity contribution in [3.63, 3.8) is 0 Å². The minimum atomic E-state index is -0.227. The van der Waals surface area contributed by atoms with E-state index in [4.69, 9.17) is 14.9 Å². The predicted octanol–water partition coefficient (Wildman–Crippen LogP) is 3.01. The summed E-state index contributed by atoms with van der Waals surface area (Å²) in [4.78, 5) is 13.7. The van der Waals surface area contributed by atoms with E-state index >= 15 is 4.39 Å². The van der Waals surface area contributed by atoms with E-state index in [1.807, 2.05) is 34.9 Å². The van der Waals surface area contributed by atoms with Crippen LogP contribution in [-0.2, 0) is 6.54 Å². The fourth-order valence-electron chi connectivity index (χ4n) is 5.65. The monoisotopic (exact) mass is 545 g/mol. The van der Waals surface area contributed by atoms with Gasteiger partial charge in [-0.05, 0) is 56.3 Å². The summed E-state index contributed by atoms with van der Waals surface area (Å²) < 4.78 is 30.1. The zero-order valence-electron chi connectivity index (χ0n) is 22.2. The molecule has 0 spiro atoms. The molecule has 1 aromatic carbocycles. The summed E-state index contributed by atoms with van der Waals surface area (Å²) in [5.74, 6) is 1.34. The van der Waals surface area contributed by atoms with Crippen molar-refractivity contribution in [2.45, 2.75) is 25.5 Å². The number of halogens is 1. The third kappa shape index (κ3) is 4.73. The number of hydrogen-bond donors (Lipinski definition) is 2. The molecule has 40 heavy (non-hydrogen) atoms. The lowest BCUT2D eigenvalue weighted by molar-refractivity contribution is 0.162. The van der Waals surface area contributed by atoms with Gasteiger partial charge in [0.25, 0.3) is 0 Å². The minimum Gasteiger partial charge on any atom is -0.490 e. The van der Waals surface area contributed by atoms with Crippen molar-refractivity contribution in [3.8, 4) is 17.2 Å². The van der Waals surface area contributed by atoms with Crippen LogP contribution < -0.4 is 20.7 Å². The lowest BCUT2D eigenvalue weighted by atomic mass is 10.1. The number of nitrogens with one attached hydrogen (secondary N) is 1. The Morgan fingerprint density at radius 2 is 1.93 bits per heavy atom. The molecule has 2 fully saturated rings. The minimum absolute atomic E-state index is 0.152. The van der Waals surface area contributed by atoms with Crippen LogP contribution in [0.15, 0.2) is 53.4 Å². The van der Waals surface area contributed by atoms with E-state index in [1.165, 1.54) is 6.07 Å². The van der Waals surface area contributed by atoms with Gasteiger partial charge in [-0.25, -0.2) is 9.37 Å². The average Bonchev–Trinajstić information content (AvgIpc) is 3.73. The van der Waals surface area contributed by atoms with Gasteiger partial charge in [0.05, 0.1) is 18.3 Å². The van der Waals surface area contributed by atoms with Gasteiger partial charge in [0.2, 0.25) is 5.95 Å². The van der Waals surface area contributed by atoms with E-state index < -0.39 is 0 Å². The summed E-state index contributed by atoms with van der Waals surface area (Å²) in [5.41, 5.74) is 9.83. The van der Waals surface area contributed by atoms with Crippen LogP contribution >= 0.6 is 0 Å². The van der Waals surface area contributed by atoms with Crippen molar-refractivity contribution in [3.05, 3.63) is 54.8 Å². The molecule has 208 valence electrons. The standard InChI is InChI=1S/C28H32FN9O2/c29-21-16-20(40-19-5-7-31-8-6-19)3-4-23(21)36-12-9-35(10-13-36)11-14-37-18-32-26-24-17-22(25-2-1-15-39-25)34-38(24)28(30)33-27(26)37/h1-4,15-19,31H,5-14H2,(H2,30,33). The lowest BCUT2D eigenvalue weighted by Gasteiger charge is -2.36. The Labute approximate surface area is 230 Å². The number of rotatable bonds is 7. The Morgan fingerprint density at radius 3 is 2.70 bits per heavy atom. The average molecular weight is 546 g/mol. The molecule has 2 saturated heterocycles. The van der Waals surface area contributed by atoms with Crippen LogP contribution in [0.25, 0.3) is 28.1 Å². The van der Waals surface area contributed by atoms with Crippen LogP contribution in [0.5, 0.6) is 5.75 Å². The number of anilines is 2. The lowest BCUT2D eigenvalue weighted by Crippen LogP contribution is -2.47. The predicted molar refractivity (Wildman–Crippen MR) is 150 cm³/mol. The van der Waals surface area contributed by atoms with Gasteiger partial charge in [0.15, 0.2) is 11.4 Å². The van der Waals surface area contributed by atoms with Crippen molar-refractivity contribution in [1.82, 2.24) is 34.4 Å². The maximum Gasteiger partial charge on any atom is 0.223 e. The van der Waals surface area contributed by atoms with Gasteiger partial charge in [-0.1, -0.05) is 0 Å². The van der Waals surface area contributed by atoms with Gasteiger partial charge in [-0.3, -0.25) is 4.90 Å². The first-order valence-corrected chi connectivity index (χ1v) is 13.8. The summed E-state index contributed by atoms with van der Waals surface area (Å²) in [5, 5.41) is 7.86. The Kier molecular flexibility index (Phi) is 6.48. The largest absolute Gasteiger partial charge is 0.490 e. The van der Waals surface area contributed by atoms with E-state index in [9.17, 15) is 0 Å². The first-order valence-electron chi connectivity index (χ1n) is 13.8. The topological polar surface area (TPSA) is 115 Å². The molecule has 0 radical (unpaired) electrons. The number of nitrogens with zero attached hydrogens (tertiary/aromatic N) is 7. The fraction of sp³-hybridized carbons (Fsp3) is 0.393. The third-order valence-corrected chi connectivity index (χ3v) is 7.85. The first kappa shape index (κ1) is 24.9. The fourth-order valence-corrected chi connectivity index (χ4v) is 5.65. The van der Waals surface area contributed by atoms with Crippen LogP contribution in [0, 0.1) is 5.82 Å². The van der Waals surface area contributed by atoms with Gasteiger partial charge in [-0.15, -0.1) is 0 Å². The van der Waals surface area contributed by atoms with Gasteiger partial charge < -0.3 is 29.7 Å². The van der Waals surface area contributed by atoms with E-state index in [0.29, 0.717) is 28.8 Å². The Hall–Kier alpha value is -4.16. The van der Waals surface area contributed by atoms with E-state index in [-0.39, 0.29) is 11.9 Å². The summed E-state index contributed by atoms with van der Waals surface area (Å²) in [7, 11) is 0. The second-order valence-electron chi connectivity index (χ2n) is 10.4. The van der Waals surface area contributed by atoms with Crippen LogP contribution in [0.1, 0.15) is 12.8 Å². The molecule has 2 aliphatic rings. The molecule has 12 heteroatoms. The highest BCUT2D eigenvalue weighted by Crippen LogP contribution is 2.28. The molecule has 7 rings (SSSR count). The van der Waals surface area contributed by atoms with Crippen LogP contribution in [0.3, 0.4) is 0 Å². The highest BCUT2D eigenvalue weighted by molar-refractivity contribution is 5.90. The van der Waals surface area contributed by atoms with Crippen LogP contribution in [0.2, 0.25) is 0 Å². The molecule has 0 bridgehead atoms. The number of furan rings is 1. The van der Waals surface area contributed by atoms with Gasteiger partial charge in [-0.2, -0.15) is 14.6 Å². The van der Waals surface area contributed by atoms with E-state index in [2.05, 4.69) is 30.2 Å². The molecule has 0 saturated carbocycles. The van der Waals surface area contributed by atoms with E-state index in [1.54, 1.807) is 17.1 Å². The van der Waals surface area contributed by atoms with Crippen LogP contribution in [0.4, 0.5) is 16.0 Å². The maximum absolute atomic E-state index is 15.0. The molecule has 6 heterocycles. The maximum atomic E-state index is 15.0. The van der Waals surface area contributed by atoms with Crippen molar-refractivity contribution >= 4 is 28.3 Å². The number of hydrogen-bond acceptors (Lipinski definition) is 9. The summed E-state index contributed by atoms with van der Waals surface area (Å²) in [6, 6.07) is 10.9. The summed E-state index contributed by atoms with van der Waals surface area (Å²) in [6.45, 7) is 6.63. The van der Waals surface area contributed by atoms with Crippen LogP contribution in [-0.4, -0.2) is 81.0 Å². The number of piperidine rings is 1. The van der Waals surface area contributed by atoms with Crippen molar-refractivity contribution < 1.29 is 13.5 Å².